The van der Waals surface area contributed by atoms with Crippen molar-refractivity contribution in [1.82, 2.24) is 20.1 Å². The van der Waals surface area contributed by atoms with Gasteiger partial charge in [-0.2, -0.15) is 5.10 Å². The Morgan fingerprint density at radius 1 is 1.22 bits per heavy atom. The molecule has 2 aromatic heterocycles. The van der Waals surface area contributed by atoms with Crippen molar-refractivity contribution in [2.45, 2.75) is 6.04 Å². The topological polar surface area (TPSA) is 80.3 Å². The molecule has 7 nitrogen and oxygen atoms in total. The number of amides is 1. The summed E-state index contributed by atoms with van der Waals surface area (Å²) in [6.07, 6.45) is 3.51. The zero-order valence-corrected chi connectivity index (χ0v) is 15.2. The molecule has 3 heterocycles. The number of hydrogen-bond donors (Lipinski definition) is 1. The van der Waals surface area contributed by atoms with Crippen LogP contribution < -0.4 is 4.74 Å². The number of fused-ring (bicyclic) bond motifs is 1. The molecule has 1 N–H and O–H groups in total. The standard InChI is InChI=1S/C20H20N4O3/c1-26-10-9-24-19(14-6-4-8-21-12-14)16-17(22-23-18(16)20(24)25)13-5-3-7-15(11-13)27-2/h3-8,11-12,19H,9-10H2,1-2H3,(H,22,23)/t19-/m1/s1. The average Bonchev–Trinajstić information content (AvgIpc) is 3.26. The second-order valence-electron chi connectivity index (χ2n) is 6.27. The van der Waals surface area contributed by atoms with Gasteiger partial charge in [-0.05, 0) is 23.8 Å². The molecule has 4 rings (SSSR count). The van der Waals surface area contributed by atoms with Crippen LogP contribution in [-0.4, -0.2) is 53.4 Å². The van der Waals surface area contributed by atoms with Crippen LogP contribution >= 0.6 is 0 Å². The van der Waals surface area contributed by atoms with Crippen LogP contribution in [0.4, 0.5) is 0 Å². The fraction of sp³-hybridized carbons (Fsp3) is 0.250. The lowest BCUT2D eigenvalue weighted by atomic mass is 9.97. The van der Waals surface area contributed by atoms with Gasteiger partial charge >= 0.3 is 0 Å². The fourth-order valence-electron chi connectivity index (χ4n) is 3.49. The van der Waals surface area contributed by atoms with Gasteiger partial charge in [0.05, 0.1) is 25.5 Å². The summed E-state index contributed by atoms with van der Waals surface area (Å²) in [5.41, 5.74) is 3.94. The van der Waals surface area contributed by atoms with Crippen LogP contribution in [0, 0.1) is 0 Å². The third kappa shape index (κ3) is 2.96. The number of methoxy groups -OCH3 is 2. The Balaban J connectivity index is 1.85. The molecule has 0 unspecified atom stereocenters. The Labute approximate surface area is 156 Å². The zero-order chi connectivity index (χ0) is 18.8. The molecule has 0 fully saturated rings. The molecule has 1 atom stereocenters. The first-order valence-electron chi connectivity index (χ1n) is 8.67. The normalized spacial score (nSPS) is 15.9. The second-order valence-corrected chi connectivity index (χ2v) is 6.27. The Morgan fingerprint density at radius 2 is 2.11 bits per heavy atom. The number of pyridine rings is 1. The van der Waals surface area contributed by atoms with Crippen molar-refractivity contribution in [3.63, 3.8) is 0 Å². The Bertz CT molecular complexity index is 955. The van der Waals surface area contributed by atoms with Gasteiger partial charge in [0.2, 0.25) is 0 Å². The van der Waals surface area contributed by atoms with Crippen molar-refractivity contribution in [3.8, 4) is 17.0 Å². The first-order chi connectivity index (χ1) is 13.2. The largest absolute Gasteiger partial charge is 0.497 e. The summed E-state index contributed by atoms with van der Waals surface area (Å²) in [5.74, 6) is 0.653. The molecule has 0 radical (unpaired) electrons. The number of nitrogens with one attached hydrogen (secondary N) is 1. The molecule has 0 saturated heterocycles. The summed E-state index contributed by atoms with van der Waals surface area (Å²) in [7, 11) is 3.25. The number of ether oxygens (including phenoxy) is 2. The van der Waals surface area contributed by atoms with Gasteiger partial charge in [-0.25, -0.2) is 0 Å². The molecule has 1 amide bonds. The first kappa shape index (κ1) is 17.2. The highest BCUT2D eigenvalue weighted by atomic mass is 16.5. The van der Waals surface area contributed by atoms with Gasteiger partial charge < -0.3 is 14.4 Å². The molecule has 7 heteroatoms. The van der Waals surface area contributed by atoms with Gasteiger partial charge in [-0.3, -0.25) is 14.9 Å². The van der Waals surface area contributed by atoms with E-state index >= 15 is 0 Å². The van der Waals surface area contributed by atoms with Crippen molar-refractivity contribution in [1.29, 1.82) is 0 Å². The van der Waals surface area contributed by atoms with Crippen LogP contribution in [-0.2, 0) is 4.74 Å². The van der Waals surface area contributed by atoms with E-state index in [1.807, 2.05) is 36.4 Å². The van der Waals surface area contributed by atoms with E-state index in [1.165, 1.54) is 0 Å². The second kappa shape index (κ2) is 7.20. The molecular formula is C20H20N4O3. The number of benzene rings is 1. The minimum absolute atomic E-state index is 0.0856. The van der Waals surface area contributed by atoms with E-state index in [1.54, 1.807) is 31.5 Å². The lowest BCUT2D eigenvalue weighted by Gasteiger charge is -2.25. The smallest absolute Gasteiger partial charge is 0.273 e. The molecule has 0 spiro atoms. The molecule has 0 bridgehead atoms. The van der Waals surface area contributed by atoms with E-state index in [-0.39, 0.29) is 11.9 Å². The van der Waals surface area contributed by atoms with Gasteiger partial charge in [0.1, 0.15) is 11.4 Å². The quantitative estimate of drug-likeness (QED) is 0.727. The molecule has 3 aromatic rings. The molecular weight excluding hydrogens is 344 g/mol. The number of aromatic amines is 1. The van der Waals surface area contributed by atoms with Crippen LogP contribution in [0.2, 0.25) is 0 Å². The van der Waals surface area contributed by atoms with Gasteiger partial charge in [0.25, 0.3) is 5.91 Å². The Hall–Kier alpha value is -3.19. The lowest BCUT2D eigenvalue weighted by Crippen LogP contribution is -2.32. The number of nitrogens with zero attached hydrogens (tertiary/aromatic N) is 3. The number of rotatable bonds is 6. The maximum atomic E-state index is 13.0. The van der Waals surface area contributed by atoms with Crippen LogP contribution in [0.15, 0.2) is 48.8 Å². The SMILES string of the molecule is COCCN1C(=O)c2[nH]nc(-c3cccc(OC)c3)c2[C@H]1c1cccnc1. The summed E-state index contributed by atoms with van der Waals surface area (Å²) < 4.78 is 10.5. The van der Waals surface area contributed by atoms with E-state index in [0.717, 1.165) is 28.1 Å². The van der Waals surface area contributed by atoms with E-state index < -0.39 is 0 Å². The number of aromatic nitrogens is 3. The molecule has 1 aliphatic rings. The molecule has 0 saturated carbocycles. The summed E-state index contributed by atoms with van der Waals surface area (Å²) in [6, 6.07) is 11.2. The van der Waals surface area contributed by atoms with Crippen LogP contribution in [0.25, 0.3) is 11.3 Å². The zero-order valence-electron chi connectivity index (χ0n) is 15.2. The van der Waals surface area contributed by atoms with Crippen LogP contribution in [0.1, 0.15) is 27.7 Å². The van der Waals surface area contributed by atoms with Crippen molar-refractivity contribution in [3.05, 3.63) is 65.6 Å². The minimum Gasteiger partial charge on any atom is -0.497 e. The van der Waals surface area contributed by atoms with Gasteiger partial charge in [0, 0.05) is 37.2 Å². The number of carbonyl (C=O) groups excluding carboxylic acids is 1. The molecule has 27 heavy (non-hydrogen) atoms. The highest BCUT2D eigenvalue weighted by molar-refractivity contribution is 6.00. The molecule has 1 aromatic carbocycles. The predicted molar refractivity (Wildman–Crippen MR) is 99.6 cm³/mol. The molecule has 1 aliphatic heterocycles. The monoisotopic (exact) mass is 364 g/mol. The third-order valence-corrected chi connectivity index (χ3v) is 4.74. The number of carbonyl (C=O) groups is 1. The average molecular weight is 364 g/mol. The van der Waals surface area contributed by atoms with Crippen LogP contribution in [0.3, 0.4) is 0 Å². The highest BCUT2D eigenvalue weighted by Gasteiger charge is 2.42. The Morgan fingerprint density at radius 3 is 2.85 bits per heavy atom. The van der Waals surface area contributed by atoms with Crippen molar-refractivity contribution in [2.24, 2.45) is 0 Å². The van der Waals surface area contributed by atoms with E-state index in [0.29, 0.717) is 18.8 Å². The van der Waals surface area contributed by atoms with E-state index in [9.17, 15) is 4.79 Å². The summed E-state index contributed by atoms with van der Waals surface area (Å²) in [5, 5.41) is 7.38. The number of H-pyrrole nitrogens is 1. The summed E-state index contributed by atoms with van der Waals surface area (Å²) in [6.45, 7) is 0.934. The van der Waals surface area contributed by atoms with Crippen molar-refractivity contribution >= 4 is 5.91 Å². The maximum Gasteiger partial charge on any atom is 0.273 e. The van der Waals surface area contributed by atoms with E-state index in [4.69, 9.17) is 9.47 Å². The van der Waals surface area contributed by atoms with E-state index in [2.05, 4.69) is 15.2 Å². The van der Waals surface area contributed by atoms with Gasteiger partial charge in [0.15, 0.2) is 0 Å². The van der Waals surface area contributed by atoms with Gasteiger partial charge in [-0.15, -0.1) is 0 Å². The minimum atomic E-state index is -0.267. The number of hydrogen-bond acceptors (Lipinski definition) is 5. The van der Waals surface area contributed by atoms with Crippen LogP contribution in [0.5, 0.6) is 5.75 Å². The predicted octanol–water partition coefficient (Wildman–Crippen LogP) is 2.67. The molecule has 0 aliphatic carbocycles. The molecule has 138 valence electrons. The summed E-state index contributed by atoms with van der Waals surface area (Å²) in [4.78, 5) is 19.0. The Kier molecular flexibility index (Phi) is 4.60. The fourth-order valence-corrected chi connectivity index (χ4v) is 3.49. The highest BCUT2D eigenvalue weighted by Crippen LogP contribution is 2.42. The first-order valence-corrected chi connectivity index (χ1v) is 8.67. The van der Waals surface area contributed by atoms with Gasteiger partial charge in [-0.1, -0.05) is 18.2 Å². The van der Waals surface area contributed by atoms with Crippen molar-refractivity contribution < 1.29 is 14.3 Å². The van der Waals surface area contributed by atoms with Crippen molar-refractivity contribution in [2.75, 3.05) is 27.4 Å². The lowest BCUT2D eigenvalue weighted by molar-refractivity contribution is 0.0677. The summed E-state index contributed by atoms with van der Waals surface area (Å²) >= 11 is 0. The maximum absolute atomic E-state index is 13.0. The third-order valence-electron chi connectivity index (χ3n) is 4.74.